The molecule has 1 aliphatic rings. The fourth-order valence-electron chi connectivity index (χ4n) is 3.35. The number of nitrogens with one attached hydrogen (secondary N) is 2. The van der Waals surface area contributed by atoms with Crippen LogP contribution in [0.25, 0.3) is 0 Å². The summed E-state index contributed by atoms with van der Waals surface area (Å²) in [6, 6.07) is 8.99. The van der Waals surface area contributed by atoms with Gasteiger partial charge in [-0.3, -0.25) is 9.69 Å². The van der Waals surface area contributed by atoms with Crippen molar-refractivity contribution < 1.29 is 27.2 Å². The summed E-state index contributed by atoms with van der Waals surface area (Å²) in [4.78, 5) is 28.2. The molecule has 0 atom stereocenters. The molecule has 2 aromatic carbocycles. The third-order valence-electron chi connectivity index (χ3n) is 5.13. The van der Waals surface area contributed by atoms with Crippen LogP contribution in [0, 0.1) is 17.1 Å². The van der Waals surface area contributed by atoms with Gasteiger partial charge in [0.1, 0.15) is 5.82 Å². The molecule has 1 saturated heterocycles. The molecule has 33 heavy (non-hydrogen) atoms. The summed E-state index contributed by atoms with van der Waals surface area (Å²) in [5.74, 6) is -1.25. The van der Waals surface area contributed by atoms with E-state index in [0.29, 0.717) is 39.1 Å². The second-order valence-electron chi connectivity index (χ2n) is 7.39. The van der Waals surface area contributed by atoms with E-state index in [-0.39, 0.29) is 11.3 Å². The number of nitrogens with zero attached hydrogens (tertiary/aromatic N) is 3. The lowest BCUT2D eigenvalue weighted by atomic mass is 10.1. The number of hydrogen-bond acceptors (Lipinski definition) is 4. The number of urea groups is 1. The van der Waals surface area contributed by atoms with E-state index < -0.39 is 35.2 Å². The molecule has 1 fully saturated rings. The SMILES string of the molecule is N#CCCN1CCN(C(=O)Nc2ccc(NC(=O)c3ccc(F)cc3)cc2C(F)(F)F)CC1. The number of amides is 3. The molecule has 0 aliphatic carbocycles. The molecule has 1 aliphatic heterocycles. The highest BCUT2D eigenvalue weighted by Gasteiger charge is 2.35. The molecule has 174 valence electrons. The third kappa shape index (κ3) is 6.43. The van der Waals surface area contributed by atoms with Gasteiger partial charge in [-0.15, -0.1) is 0 Å². The van der Waals surface area contributed by atoms with Crippen molar-refractivity contribution in [1.29, 1.82) is 5.26 Å². The van der Waals surface area contributed by atoms with Crippen LogP contribution in [-0.2, 0) is 6.18 Å². The van der Waals surface area contributed by atoms with Crippen molar-refractivity contribution in [2.75, 3.05) is 43.4 Å². The number of carbonyl (C=O) groups is 2. The normalized spacial score (nSPS) is 14.5. The van der Waals surface area contributed by atoms with Crippen LogP contribution in [0.5, 0.6) is 0 Å². The molecule has 3 amide bonds. The van der Waals surface area contributed by atoms with E-state index in [2.05, 4.69) is 10.6 Å². The van der Waals surface area contributed by atoms with Crippen LogP contribution in [0.1, 0.15) is 22.3 Å². The molecule has 0 bridgehead atoms. The molecule has 3 rings (SSSR count). The maximum absolute atomic E-state index is 13.6. The summed E-state index contributed by atoms with van der Waals surface area (Å²) in [5, 5.41) is 13.3. The number of rotatable bonds is 5. The summed E-state index contributed by atoms with van der Waals surface area (Å²) < 4.78 is 53.9. The van der Waals surface area contributed by atoms with Gasteiger partial charge in [0, 0.05) is 50.4 Å². The van der Waals surface area contributed by atoms with Gasteiger partial charge in [-0.2, -0.15) is 18.4 Å². The molecule has 0 aromatic heterocycles. The van der Waals surface area contributed by atoms with Gasteiger partial charge in [0.15, 0.2) is 0 Å². The topological polar surface area (TPSA) is 88.5 Å². The van der Waals surface area contributed by atoms with Gasteiger partial charge in [-0.1, -0.05) is 0 Å². The Morgan fingerprint density at radius 3 is 2.27 bits per heavy atom. The van der Waals surface area contributed by atoms with Crippen molar-refractivity contribution >= 4 is 23.3 Å². The Hall–Kier alpha value is -3.65. The highest BCUT2D eigenvalue weighted by atomic mass is 19.4. The Labute approximate surface area is 187 Å². The number of benzene rings is 2. The van der Waals surface area contributed by atoms with Crippen molar-refractivity contribution in [3.8, 4) is 6.07 Å². The first kappa shape index (κ1) is 24.0. The lowest BCUT2D eigenvalue weighted by molar-refractivity contribution is -0.136. The van der Waals surface area contributed by atoms with Gasteiger partial charge in [-0.25, -0.2) is 9.18 Å². The monoisotopic (exact) mass is 463 g/mol. The summed E-state index contributed by atoms with van der Waals surface area (Å²) in [6.45, 7) is 2.27. The molecule has 7 nitrogen and oxygen atoms in total. The van der Waals surface area contributed by atoms with Crippen LogP contribution in [0.2, 0.25) is 0 Å². The summed E-state index contributed by atoms with van der Waals surface area (Å²) in [5.41, 5.74) is -1.59. The van der Waals surface area contributed by atoms with Crippen molar-refractivity contribution in [1.82, 2.24) is 9.80 Å². The first-order chi connectivity index (χ1) is 15.7. The van der Waals surface area contributed by atoms with Crippen LogP contribution in [-0.4, -0.2) is 54.5 Å². The molecule has 0 saturated carbocycles. The molecular weight excluding hydrogens is 442 g/mol. The van der Waals surface area contributed by atoms with Crippen LogP contribution in [0.3, 0.4) is 0 Å². The molecule has 11 heteroatoms. The minimum Gasteiger partial charge on any atom is -0.322 e. The van der Waals surface area contributed by atoms with Gasteiger partial charge in [0.25, 0.3) is 5.91 Å². The highest BCUT2D eigenvalue weighted by molar-refractivity contribution is 6.04. The summed E-state index contributed by atoms with van der Waals surface area (Å²) in [6.07, 6.45) is -4.42. The maximum atomic E-state index is 13.6. The second-order valence-corrected chi connectivity index (χ2v) is 7.39. The zero-order chi connectivity index (χ0) is 24.0. The predicted molar refractivity (Wildman–Crippen MR) is 113 cm³/mol. The average molecular weight is 463 g/mol. The van der Waals surface area contributed by atoms with Gasteiger partial charge >= 0.3 is 12.2 Å². The van der Waals surface area contributed by atoms with Gasteiger partial charge in [0.2, 0.25) is 0 Å². The molecule has 2 N–H and O–H groups in total. The molecule has 1 heterocycles. The van der Waals surface area contributed by atoms with Crippen LogP contribution < -0.4 is 10.6 Å². The van der Waals surface area contributed by atoms with Gasteiger partial charge in [-0.05, 0) is 42.5 Å². The fraction of sp³-hybridized carbons (Fsp3) is 0.318. The van der Waals surface area contributed by atoms with Crippen molar-refractivity contribution in [2.24, 2.45) is 0 Å². The van der Waals surface area contributed by atoms with E-state index in [1.807, 2.05) is 11.0 Å². The number of piperazine rings is 1. The second kappa shape index (κ2) is 10.3. The maximum Gasteiger partial charge on any atom is 0.418 e. The van der Waals surface area contributed by atoms with Gasteiger partial charge < -0.3 is 15.5 Å². The summed E-state index contributed by atoms with van der Waals surface area (Å²) in [7, 11) is 0. The van der Waals surface area contributed by atoms with Crippen molar-refractivity contribution in [3.63, 3.8) is 0 Å². The van der Waals surface area contributed by atoms with Crippen molar-refractivity contribution in [2.45, 2.75) is 12.6 Å². The smallest absolute Gasteiger partial charge is 0.322 e. The summed E-state index contributed by atoms with van der Waals surface area (Å²) >= 11 is 0. The van der Waals surface area contributed by atoms with E-state index in [9.17, 15) is 27.2 Å². The Bertz CT molecular complexity index is 1040. The Morgan fingerprint density at radius 1 is 1.00 bits per heavy atom. The molecule has 2 aromatic rings. The van der Waals surface area contributed by atoms with Gasteiger partial charge in [0.05, 0.1) is 17.3 Å². The number of halogens is 4. The van der Waals surface area contributed by atoms with Crippen LogP contribution in [0.15, 0.2) is 42.5 Å². The van der Waals surface area contributed by atoms with E-state index in [1.165, 1.54) is 23.1 Å². The minimum absolute atomic E-state index is 0.0799. The van der Waals surface area contributed by atoms with Crippen LogP contribution in [0.4, 0.5) is 33.7 Å². The number of anilines is 2. The van der Waals surface area contributed by atoms with Crippen molar-refractivity contribution in [3.05, 3.63) is 59.4 Å². The van der Waals surface area contributed by atoms with E-state index in [0.717, 1.165) is 24.3 Å². The quantitative estimate of drug-likeness (QED) is 0.652. The minimum atomic E-state index is -4.78. The van der Waals surface area contributed by atoms with E-state index >= 15 is 0 Å². The zero-order valence-corrected chi connectivity index (χ0v) is 17.5. The Balaban J connectivity index is 1.69. The Kier molecular flexibility index (Phi) is 7.50. The Morgan fingerprint density at radius 2 is 1.67 bits per heavy atom. The predicted octanol–water partition coefficient (Wildman–Crippen LogP) is 4.16. The lowest BCUT2D eigenvalue weighted by Crippen LogP contribution is -2.50. The molecule has 0 spiro atoms. The number of alkyl halides is 3. The zero-order valence-electron chi connectivity index (χ0n) is 17.5. The van der Waals surface area contributed by atoms with E-state index in [4.69, 9.17) is 5.26 Å². The van der Waals surface area contributed by atoms with Crippen LogP contribution >= 0.6 is 0 Å². The molecule has 0 radical (unpaired) electrons. The largest absolute Gasteiger partial charge is 0.418 e. The number of carbonyl (C=O) groups excluding carboxylic acids is 2. The number of hydrogen-bond donors (Lipinski definition) is 2. The standard InChI is InChI=1S/C22H21F4N5O2/c23-16-4-2-15(3-5-16)20(32)28-17-6-7-19(18(14-17)22(24,25)26)29-21(33)31-12-10-30(11-13-31)9-1-8-27/h2-7,14H,1,9-13H2,(H,28,32)(H,29,33). The first-order valence-corrected chi connectivity index (χ1v) is 10.1. The fourth-order valence-corrected chi connectivity index (χ4v) is 3.35. The first-order valence-electron chi connectivity index (χ1n) is 10.1. The third-order valence-corrected chi connectivity index (χ3v) is 5.13. The molecular formula is C22H21F4N5O2. The highest BCUT2D eigenvalue weighted by Crippen LogP contribution is 2.37. The number of nitriles is 1. The molecule has 0 unspecified atom stereocenters. The van der Waals surface area contributed by atoms with E-state index in [1.54, 1.807) is 0 Å². The lowest BCUT2D eigenvalue weighted by Gasteiger charge is -2.34. The average Bonchev–Trinajstić information content (AvgIpc) is 2.78.